The number of piperidine rings is 1. The first-order valence-electron chi connectivity index (χ1n) is 5.27. The van der Waals surface area contributed by atoms with Crippen LogP contribution in [0.5, 0.6) is 0 Å². The largest absolute Gasteiger partial charge is 0.308 e. The molecule has 1 aliphatic heterocycles. The third kappa shape index (κ3) is 2.75. The van der Waals surface area contributed by atoms with E-state index < -0.39 is 0 Å². The molecule has 1 aliphatic carbocycles. The molecule has 7 heteroatoms. The third-order valence-electron chi connectivity index (χ3n) is 3.05. The predicted molar refractivity (Wildman–Crippen MR) is 69.0 cm³/mol. The minimum atomic E-state index is -0.0652. The molecule has 0 aromatic carbocycles. The quantitative estimate of drug-likeness (QED) is 0.863. The number of anilines is 1. The summed E-state index contributed by atoms with van der Waals surface area (Å²) in [5.74, 6) is 1.19. The van der Waals surface area contributed by atoms with Crippen molar-refractivity contribution in [2.75, 3.05) is 5.32 Å². The molecular weight excluding hydrogens is 307 g/mol. The first kappa shape index (κ1) is 12.7. The van der Waals surface area contributed by atoms with Crippen LogP contribution in [-0.2, 0) is 4.79 Å². The molecule has 3 rings (SSSR count). The van der Waals surface area contributed by atoms with Crippen LogP contribution in [0.1, 0.15) is 12.8 Å². The Bertz CT molecular complexity index is 434. The van der Waals surface area contributed by atoms with Crippen LogP contribution in [0.15, 0.2) is 17.0 Å². The Morgan fingerprint density at radius 1 is 1.47 bits per heavy atom. The topological polar surface area (TPSA) is 66.9 Å². The summed E-state index contributed by atoms with van der Waals surface area (Å²) in [6.45, 7) is 0. The summed E-state index contributed by atoms with van der Waals surface area (Å²) in [5, 5.41) is 6.05. The Balaban J connectivity index is 0.00000108. The van der Waals surface area contributed by atoms with Crippen LogP contribution in [0, 0.1) is 5.92 Å². The van der Waals surface area contributed by atoms with E-state index >= 15 is 0 Å². The van der Waals surface area contributed by atoms with E-state index in [1.807, 2.05) is 0 Å². The number of carbonyl (C=O) groups excluding carboxylic acids is 1. The Labute approximate surface area is 113 Å². The zero-order valence-electron chi connectivity index (χ0n) is 8.89. The highest BCUT2D eigenvalue weighted by molar-refractivity contribution is 9.10. The molecule has 3 atom stereocenters. The highest BCUT2D eigenvalue weighted by atomic mass is 79.9. The van der Waals surface area contributed by atoms with Gasteiger partial charge in [-0.3, -0.25) is 9.78 Å². The highest BCUT2D eigenvalue weighted by Crippen LogP contribution is 2.40. The van der Waals surface area contributed by atoms with Gasteiger partial charge < -0.3 is 10.6 Å². The van der Waals surface area contributed by atoms with Crippen LogP contribution in [0.2, 0.25) is 0 Å². The van der Waals surface area contributed by atoms with Crippen molar-refractivity contribution in [1.29, 1.82) is 0 Å². The molecule has 2 N–H and O–H groups in total. The summed E-state index contributed by atoms with van der Waals surface area (Å²) in [6.07, 6.45) is 5.29. The van der Waals surface area contributed by atoms with E-state index in [-0.39, 0.29) is 24.4 Å². The minimum absolute atomic E-state index is 0. The van der Waals surface area contributed by atoms with Gasteiger partial charge in [-0.1, -0.05) is 0 Å². The molecule has 1 saturated heterocycles. The normalized spacial score (nSPS) is 29.1. The van der Waals surface area contributed by atoms with Gasteiger partial charge in [0.1, 0.15) is 4.60 Å². The van der Waals surface area contributed by atoms with Crippen LogP contribution >= 0.6 is 28.3 Å². The fourth-order valence-corrected chi connectivity index (χ4v) is 2.45. The second-order valence-corrected chi connectivity index (χ2v) is 5.09. The van der Waals surface area contributed by atoms with Gasteiger partial charge in [-0.05, 0) is 34.7 Å². The molecule has 92 valence electrons. The summed E-state index contributed by atoms with van der Waals surface area (Å²) in [7, 11) is 0. The Morgan fingerprint density at radius 2 is 2.29 bits per heavy atom. The number of nitrogens with zero attached hydrogens (tertiary/aromatic N) is 2. The molecule has 3 unspecified atom stereocenters. The van der Waals surface area contributed by atoms with E-state index in [9.17, 15) is 4.79 Å². The average Bonchev–Trinajstić information content (AvgIpc) is 2.86. The maximum atomic E-state index is 11.8. The van der Waals surface area contributed by atoms with Crippen LogP contribution < -0.4 is 10.6 Å². The van der Waals surface area contributed by atoms with Crippen LogP contribution in [0.3, 0.4) is 0 Å². The summed E-state index contributed by atoms with van der Waals surface area (Å²) in [6, 6.07) is 0.508. The molecule has 5 nitrogen and oxygen atoms in total. The summed E-state index contributed by atoms with van der Waals surface area (Å²) < 4.78 is 0.618. The number of halogens is 2. The maximum absolute atomic E-state index is 11.8. The molecule has 1 aromatic rings. The Morgan fingerprint density at radius 3 is 2.94 bits per heavy atom. The van der Waals surface area contributed by atoms with Crippen molar-refractivity contribution in [2.45, 2.75) is 24.9 Å². The van der Waals surface area contributed by atoms with Crippen LogP contribution in [-0.4, -0.2) is 28.0 Å². The van der Waals surface area contributed by atoms with Gasteiger partial charge in [0.2, 0.25) is 5.91 Å². The van der Waals surface area contributed by atoms with Gasteiger partial charge in [0.15, 0.2) is 5.82 Å². The first-order chi connectivity index (χ1) is 7.72. The number of aromatic nitrogens is 2. The molecule has 0 radical (unpaired) electrons. The van der Waals surface area contributed by atoms with E-state index in [4.69, 9.17) is 0 Å². The van der Waals surface area contributed by atoms with E-state index in [0.717, 1.165) is 6.42 Å². The SMILES string of the molecule is Cl.O=C(Nc1cncc(Br)n1)C1CC2CC2N1. The zero-order chi connectivity index (χ0) is 11.1. The predicted octanol–water partition coefficient (Wildman–Crippen LogP) is 1.35. The van der Waals surface area contributed by atoms with Crippen LogP contribution in [0.4, 0.5) is 5.82 Å². The molecular formula is C10H12BrClN4O. The molecule has 2 aliphatic rings. The van der Waals surface area contributed by atoms with E-state index in [1.165, 1.54) is 6.42 Å². The lowest BCUT2D eigenvalue weighted by molar-refractivity contribution is -0.118. The van der Waals surface area contributed by atoms with Gasteiger partial charge in [-0.15, -0.1) is 12.4 Å². The van der Waals surface area contributed by atoms with Gasteiger partial charge >= 0.3 is 0 Å². The summed E-state index contributed by atoms with van der Waals surface area (Å²) >= 11 is 3.21. The van der Waals surface area contributed by atoms with Gasteiger partial charge in [0.25, 0.3) is 0 Å². The zero-order valence-corrected chi connectivity index (χ0v) is 11.3. The molecule has 1 aromatic heterocycles. The molecule has 0 spiro atoms. The Kier molecular flexibility index (Phi) is 3.65. The van der Waals surface area contributed by atoms with Crippen molar-refractivity contribution < 1.29 is 4.79 Å². The minimum Gasteiger partial charge on any atom is -0.308 e. The lowest BCUT2D eigenvalue weighted by Crippen LogP contribution is -2.38. The highest BCUT2D eigenvalue weighted by Gasteiger charge is 2.47. The van der Waals surface area contributed by atoms with Crippen molar-refractivity contribution >= 4 is 40.1 Å². The van der Waals surface area contributed by atoms with Gasteiger partial charge in [0, 0.05) is 6.04 Å². The number of hydrogen-bond donors (Lipinski definition) is 2. The van der Waals surface area contributed by atoms with Crippen molar-refractivity contribution in [2.24, 2.45) is 5.92 Å². The molecule has 1 amide bonds. The smallest absolute Gasteiger partial charge is 0.242 e. The van der Waals surface area contributed by atoms with Crippen molar-refractivity contribution in [1.82, 2.24) is 15.3 Å². The molecule has 2 fully saturated rings. The second kappa shape index (κ2) is 4.88. The average molecular weight is 320 g/mol. The Hall–Kier alpha value is -0.720. The number of hydrogen-bond acceptors (Lipinski definition) is 4. The molecule has 1 saturated carbocycles. The number of carbonyl (C=O) groups is 1. The van der Waals surface area contributed by atoms with Gasteiger partial charge in [-0.25, -0.2) is 4.98 Å². The number of rotatable bonds is 2. The van der Waals surface area contributed by atoms with E-state index in [1.54, 1.807) is 12.4 Å². The number of fused-ring (bicyclic) bond motifs is 1. The van der Waals surface area contributed by atoms with E-state index in [2.05, 4.69) is 36.5 Å². The van der Waals surface area contributed by atoms with E-state index in [0.29, 0.717) is 22.4 Å². The van der Waals surface area contributed by atoms with Crippen LogP contribution in [0.25, 0.3) is 0 Å². The van der Waals surface area contributed by atoms with Crippen molar-refractivity contribution in [3.8, 4) is 0 Å². The molecule has 2 heterocycles. The molecule has 17 heavy (non-hydrogen) atoms. The third-order valence-corrected chi connectivity index (χ3v) is 3.43. The summed E-state index contributed by atoms with van der Waals surface area (Å²) in [5.41, 5.74) is 0. The van der Waals surface area contributed by atoms with Crippen molar-refractivity contribution in [3.05, 3.63) is 17.0 Å². The molecule has 0 bridgehead atoms. The maximum Gasteiger partial charge on any atom is 0.242 e. The number of nitrogens with one attached hydrogen (secondary N) is 2. The fourth-order valence-electron chi connectivity index (χ4n) is 2.14. The lowest BCUT2D eigenvalue weighted by atomic mass is 10.2. The fraction of sp³-hybridized carbons (Fsp3) is 0.500. The van der Waals surface area contributed by atoms with Crippen molar-refractivity contribution in [3.63, 3.8) is 0 Å². The number of amides is 1. The standard InChI is InChI=1S/C10H11BrN4O.ClH/c11-8-3-12-4-9(14-8)15-10(16)7-2-5-1-6(5)13-7;/h3-7,13H,1-2H2,(H,14,15,16);1H. The monoisotopic (exact) mass is 318 g/mol. The van der Waals surface area contributed by atoms with Gasteiger partial charge in [0.05, 0.1) is 18.4 Å². The lowest BCUT2D eigenvalue weighted by Gasteiger charge is -2.12. The van der Waals surface area contributed by atoms with Gasteiger partial charge in [-0.2, -0.15) is 0 Å². The summed E-state index contributed by atoms with van der Waals surface area (Å²) in [4.78, 5) is 19.9. The first-order valence-corrected chi connectivity index (χ1v) is 6.06. The second-order valence-electron chi connectivity index (χ2n) is 4.27.